The molecule has 0 heterocycles. The molecule has 1 aromatic rings. The highest BCUT2D eigenvalue weighted by Crippen LogP contribution is 2.34. The van der Waals surface area contributed by atoms with Crippen molar-refractivity contribution in [1.82, 2.24) is 10.6 Å². The van der Waals surface area contributed by atoms with Gasteiger partial charge in [-0.1, -0.05) is 31.5 Å². The van der Waals surface area contributed by atoms with Gasteiger partial charge < -0.3 is 15.4 Å². The van der Waals surface area contributed by atoms with E-state index < -0.39 is 0 Å². The van der Waals surface area contributed by atoms with E-state index in [0.717, 1.165) is 24.2 Å². The molecule has 2 N–H and O–H groups in total. The van der Waals surface area contributed by atoms with Gasteiger partial charge in [-0.3, -0.25) is 4.99 Å². The zero-order chi connectivity index (χ0) is 14.2. The number of halogens is 1. The van der Waals surface area contributed by atoms with Gasteiger partial charge in [-0.05, 0) is 30.9 Å². The second-order valence-corrected chi connectivity index (χ2v) is 5.20. The first-order valence-corrected chi connectivity index (χ1v) is 7.48. The third-order valence-corrected chi connectivity index (χ3v) is 3.53. The summed E-state index contributed by atoms with van der Waals surface area (Å²) in [6, 6.07) is 10.5. The molecule has 2 atom stereocenters. The third kappa shape index (κ3) is 6.54. The fourth-order valence-electron chi connectivity index (χ4n) is 2.34. The van der Waals surface area contributed by atoms with E-state index in [9.17, 15) is 0 Å². The molecule has 21 heavy (non-hydrogen) atoms. The molecule has 0 saturated heterocycles. The number of rotatable bonds is 7. The highest BCUT2D eigenvalue weighted by molar-refractivity contribution is 14.0. The van der Waals surface area contributed by atoms with Crippen LogP contribution in [0.5, 0.6) is 5.75 Å². The number of hydrogen-bond donors (Lipinski definition) is 2. The minimum Gasteiger partial charge on any atom is -0.492 e. The molecule has 1 aliphatic carbocycles. The van der Waals surface area contributed by atoms with Crippen LogP contribution >= 0.6 is 24.0 Å². The summed E-state index contributed by atoms with van der Waals surface area (Å²) >= 11 is 0. The number of para-hydroxylation sites is 1. The molecule has 4 nitrogen and oxygen atoms in total. The van der Waals surface area contributed by atoms with Crippen LogP contribution in [0.1, 0.15) is 26.2 Å². The summed E-state index contributed by atoms with van der Waals surface area (Å²) in [7, 11) is 1.81. The number of ether oxygens (including phenoxy) is 1. The molecule has 1 aromatic carbocycles. The Kier molecular flexibility index (Phi) is 8.49. The average molecular weight is 403 g/mol. The lowest BCUT2D eigenvalue weighted by Gasteiger charge is -2.12. The van der Waals surface area contributed by atoms with E-state index in [-0.39, 0.29) is 24.0 Å². The van der Waals surface area contributed by atoms with E-state index in [1.54, 1.807) is 0 Å². The van der Waals surface area contributed by atoms with E-state index in [2.05, 4.69) is 22.5 Å². The summed E-state index contributed by atoms with van der Waals surface area (Å²) in [4.78, 5) is 4.25. The van der Waals surface area contributed by atoms with Crippen molar-refractivity contribution in [2.45, 2.75) is 32.2 Å². The summed E-state index contributed by atoms with van der Waals surface area (Å²) in [6.45, 7) is 3.62. The molecule has 0 bridgehead atoms. The zero-order valence-electron chi connectivity index (χ0n) is 12.8. The molecule has 2 unspecified atom stereocenters. The molecule has 1 fully saturated rings. The van der Waals surface area contributed by atoms with Crippen molar-refractivity contribution in [2.75, 3.05) is 20.2 Å². The Balaban J connectivity index is 0.00000220. The minimum atomic E-state index is 0. The molecular formula is C16H26IN3O. The Morgan fingerprint density at radius 2 is 2.10 bits per heavy atom. The molecule has 1 aliphatic rings. The van der Waals surface area contributed by atoms with E-state index in [1.807, 2.05) is 37.4 Å². The summed E-state index contributed by atoms with van der Waals surface area (Å²) < 4.78 is 5.64. The first-order chi connectivity index (χ1) is 9.83. The lowest BCUT2D eigenvalue weighted by atomic mass is 10.2. The molecule has 0 aliphatic heterocycles. The smallest absolute Gasteiger partial charge is 0.191 e. The number of aliphatic imine (C=N–C) groups is 1. The summed E-state index contributed by atoms with van der Waals surface area (Å²) in [5, 5.41) is 6.75. The molecule has 0 aromatic heterocycles. The molecule has 0 radical (unpaired) electrons. The van der Waals surface area contributed by atoms with Gasteiger partial charge in [0.1, 0.15) is 12.4 Å². The minimum absolute atomic E-state index is 0. The van der Waals surface area contributed by atoms with Crippen molar-refractivity contribution < 1.29 is 4.74 Å². The van der Waals surface area contributed by atoms with E-state index in [1.165, 1.54) is 19.3 Å². The predicted octanol–water partition coefficient (Wildman–Crippen LogP) is 3.04. The molecule has 0 spiro atoms. The summed E-state index contributed by atoms with van der Waals surface area (Å²) in [5.41, 5.74) is 0. The highest BCUT2D eigenvalue weighted by atomic mass is 127. The lowest BCUT2D eigenvalue weighted by Crippen LogP contribution is -2.40. The van der Waals surface area contributed by atoms with Gasteiger partial charge in [-0.15, -0.1) is 24.0 Å². The van der Waals surface area contributed by atoms with Gasteiger partial charge in [0.2, 0.25) is 0 Å². The van der Waals surface area contributed by atoms with Crippen molar-refractivity contribution in [1.29, 1.82) is 0 Å². The van der Waals surface area contributed by atoms with Crippen molar-refractivity contribution in [3.63, 3.8) is 0 Å². The van der Waals surface area contributed by atoms with Gasteiger partial charge in [0.05, 0.1) is 6.54 Å². The molecule has 1 saturated carbocycles. The van der Waals surface area contributed by atoms with Crippen LogP contribution in [-0.4, -0.2) is 32.2 Å². The fourth-order valence-corrected chi connectivity index (χ4v) is 2.34. The van der Waals surface area contributed by atoms with E-state index >= 15 is 0 Å². The maximum atomic E-state index is 5.64. The molecule has 5 heteroatoms. The Morgan fingerprint density at radius 3 is 2.76 bits per heavy atom. The maximum absolute atomic E-state index is 5.64. The van der Waals surface area contributed by atoms with Gasteiger partial charge >= 0.3 is 0 Å². The number of hydrogen-bond acceptors (Lipinski definition) is 2. The normalized spacial score (nSPS) is 20.4. The van der Waals surface area contributed by atoms with E-state index in [0.29, 0.717) is 12.6 Å². The third-order valence-electron chi connectivity index (χ3n) is 3.53. The Bertz CT molecular complexity index is 425. The lowest BCUT2D eigenvalue weighted by molar-refractivity contribution is 0.322. The van der Waals surface area contributed by atoms with Crippen molar-refractivity contribution in [2.24, 2.45) is 10.9 Å². The number of benzene rings is 1. The number of guanidine groups is 1. The Labute approximate surface area is 144 Å². The first-order valence-electron chi connectivity index (χ1n) is 7.48. The van der Waals surface area contributed by atoms with Crippen LogP contribution in [0.4, 0.5) is 0 Å². The van der Waals surface area contributed by atoms with Crippen molar-refractivity contribution in [3.8, 4) is 5.75 Å². The second-order valence-electron chi connectivity index (χ2n) is 5.20. The summed E-state index contributed by atoms with van der Waals surface area (Å²) in [5.74, 6) is 2.62. The molecule has 118 valence electrons. The molecule has 0 amide bonds. The topological polar surface area (TPSA) is 45.7 Å². The number of nitrogens with zero attached hydrogens (tertiary/aromatic N) is 1. The fraction of sp³-hybridized carbons (Fsp3) is 0.562. The monoisotopic (exact) mass is 403 g/mol. The first kappa shape index (κ1) is 18.1. The largest absolute Gasteiger partial charge is 0.492 e. The molecular weight excluding hydrogens is 377 g/mol. The quantitative estimate of drug-likeness (QED) is 0.319. The van der Waals surface area contributed by atoms with Crippen LogP contribution in [0.3, 0.4) is 0 Å². The zero-order valence-corrected chi connectivity index (χ0v) is 15.2. The average Bonchev–Trinajstić information content (AvgIpc) is 3.21. The van der Waals surface area contributed by atoms with Crippen LogP contribution in [0, 0.1) is 5.92 Å². The number of nitrogens with one attached hydrogen (secondary N) is 2. The Morgan fingerprint density at radius 1 is 1.33 bits per heavy atom. The Hall–Kier alpha value is -0.980. The van der Waals surface area contributed by atoms with Gasteiger partial charge in [0, 0.05) is 13.1 Å². The second kappa shape index (κ2) is 9.87. The predicted molar refractivity (Wildman–Crippen MR) is 98.7 cm³/mol. The van der Waals surface area contributed by atoms with Gasteiger partial charge in [-0.25, -0.2) is 0 Å². The molecule has 2 rings (SSSR count). The van der Waals surface area contributed by atoms with Gasteiger partial charge in [0.15, 0.2) is 5.96 Å². The van der Waals surface area contributed by atoms with Crippen LogP contribution in [0.25, 0.3) is 0 Å². The highest BCUT2D eigenvalue weighted by Gasteiger charge is 2.36. The van der Waals surface area contributed by atoms with Crippen LogP contribution in [-0.2, 0) is 0 Å². The summed E-state index contributed by atoms with van der Waals surface area (Å²) in [6.07, 6.45) is 3.85. The van der Waals surface area contributed by atoms with Gasteiger partial charge in [-0.2, -0.15) is 0 Å². The van der Waals surface area contributed by atoms with Crippen LogP contribution < -0.4 is 15.4 Å². The van der Waals surface area contributed by atoms with Crippen LogP contribution in [0.2, 0.25) is 0 Å². The van der Waals surface area contributed by atoms with Crippen molar-refractivity contribution in [3.05, 3.63) is 30.3 Å². The SMILES string of the molecule is CCCC1CC1NC(=NC)NCCOc1ccccc1.I. The van der Waals surface area contributed by atoms with Crippen LogP contribution in [0.15, 0.2) is 35.3 Å². The standard InChI is InChI=1S/C16H25N3O.HI/c1-3-7-13-12-15(13)19-16(17-2)18-10-11-20-14-8-5-4-6-9-14;/h4-6,8-9,13,15H,3,7,10-12H2,1-2H3,(H2,17,18,19);1H. The van der Waals surface area contributed by atoms with Gasteiger partial charge in [0.25, 0.3) is 0 Å². The van der Waals surface area contributed by atoms with Crippen molar-refractivity contribution >= 4 is 29.9 Å². The van der Waals surface area contributed by atoms with E-state index in [4.69, 9.17) is 4.74 Å². The maximum Gasteiger partial charge on any atom is 0.191 e.